The molecule has 4 rings (SSSR count). The number of thioether (sulfide) groups is 1. The molecular formula is C58H83N17O16S. The summed E-state index contributed by atoms with van der Waals surface area (Å²) in [4.78, 5) is 191. The van der Waals surface area contributed by atoms with Crippen LogP contribution in [0.5, 0.6) is 11.5 Å². The number of carboxylic acid groups (broad SMARTS) is 1. The molecule has 2 heterocycles. The topological polar surface area (TPSA) is 548 Å². The van der Waals surface area contributed by atoms with Crippen molar-refractivity contribution in [1.82, 2.24) is 63.1 Å². The molecule has 1 saturated heterocycles. The van der Waals surface area contributed by atoms with Gasteiger partial charge in [0, 0.05) is 43.5 Å². The first-order chi connectivity index (χ1) is 43.4. The van der Waals surface area contributed by atoms with Gasteiger partial charge in [-0.1, -0.05) is 58.4 Å². The molecule has 12 amide bonds. The Balaban J connectivity index is 1.86. The summed E-state index contributed by atoms with van der Waals surface area (Å²) in [6.45, 7) is 7.93. The number of phenols is 2. The standard InChI is InChI=1S/C58H83N17O16S/c1-6-29(4)47-57(91)68-36(8-7-17-64-58(61)62)50(84)70-37(18-28(2)3)52(86)71-39(20-32-11-15-35(77)16-12-32)53(87)73-42(23-46(80)81)51(85)66-30(5)49(83)69-40(21-33-24-63-27-65-33)54(88)72-41(22-44(59)78)55(89)74-43(48(60)82)25-92-26-45(79)67-38(56(90)75-47)19-31-9-13-34(76)14-10-31/h9-16,24,27-30,36-43,47,76-77H,6-8,17-23,25-26H2,1-5H3,(H2,59,78)(H2,60,82)(H,63,65)(H,66,85)(H,67,79)(H,68,91)(H,69,83)(H,70,84)(H,71,86)(H,72,88)(H,73,87)(H,74,89)(H,75,90)(H,80,81)(H4,61,62,64)/t29-,30-,36-,37-,38-,39-,40-,41-,42-,43-,47-/m0/s1. The molecular weight excluding hydrogens is 1220 g/mol. The summed E-state index contributed by atoms with van der Waals surface area (Å²) in [5.41, 5.74) is 23.3. The summed E-state index contributed by atoms with van der Waals surface area (Å²) in [6.07, 6.45) is -0.246. The van der Waals surface area contributed by atoms with Gasteiger partial charge in [0.25, 0.3) is 0 Å². The Morgan fingerprint density at radius 2 is 1.08 bits per heavy atom. The predicted octanol–water partition coefficient (Wildman–Crippen LogP) is -4.56. The minimum atomic E-state index is -1.96. The lowest BCUT2D eigenvalue weighted by atomic mass is 9.96. The summed E-state index contributed by atoms with van der Waals surface area (Å²) >= 11 is 0.764. The van der Waals surface area contributed by atoms with E-state index in [2.05, 4.69) is 68.1 Å². The van der Waals surface area contributed by atoms with Gasteiger partial charge in [-0.3, -0.25) is 67.3 Å². The van der Waals surface area contributed by atoms with Gasteiger partial charge >= 0.3 is 5.97 Å². The van der Waals surface area contributed by atoms with Gasteiger partial charge in [0.2, 0.25) is 70.9 Å². The molecule has 0 spiro atoms. The van der Waals surface area contributed by atoms with Crippen LogP contribution < -0.4 is 76.1 Å². The second kappa shape index (κ2) is 36.6. The molecule has 33 nitrogen and oxygen atoms in total. The largest absolute Gasteiger partial charge is 0.508 e. The van der Waals surface area contributed by atoms with Crippen molar-refractivity contribution in [3.05, 3.63) is 77.9 Å². The van der Waals surface area contributed by atoms with Gasteiger partial charge in [-0.05, 0) is 73.4 Å². The molecule has 1 aliphatic heterocycles. The molecule has 1 fully saturated rings. The van der Waals surface area contributed by atoms with Gasteiger partial charge < -0.3 is 96.4 Å². The Bertz CT molecular complexity index is 3110. The summed E-state index contributed by atoms with van der Waals surface area (Å²) in [5, 5.41) is 55.1. The number of rotatable bonds is 19. The van der Waals surface area contributed by atoms with Crippen LogP contribution in [0.1, 0.15) is 90.0 Å². The fourth-order valence-electron chi connectivity index (χ4n) is 9.20. The molecule has 92 heavy (non-hydrogen) atoms. The first kappa shape index (κ1) is 74.4. The summed E-state index contributed by atoms with van der Waals surface area (Å²) < 4.78 is 0. The van der Waals surface area contributed by atoms with Crippen LogP contribution in [-0.4, -0.2) is 187 Å². The van der Waals surface area contributed by atoms with Gasteiger partial charge in [-0.15, -0.1) is 11.8 Å². The number of aliphatic carboxylic acids is 1. The van der Waals surface area contributed by atoms with Crippen LogP contribution >= 0.6 is 11.8 Å². The van der Waals surface area contributed by atoms with Crippen LogP contribution in [0, 0.1) is 11.8 Å². The Hall–Kier alpha value is -10.0. The van der Waals surface area contributed by atoms with Gasteiger partial charge in [0.05, 0.1) is 24.9 Å². The number of aromatic nitrogens is 2. The van der Waals surface area contributed by atoms with Crippen molar-refractivity contribution in [2.24, 2.45) is 39.8 Å². The number of benzene rings is 2. The number of amides is 12. The number of phenolic OH excluding ortho intramolecular Hbond substituents is 2. The van der Waals surface area contributed by atoms with E-state index < -0.39 is 168 Å². The normalized spacial score (nSPS) is 23.8. The summed E-state index contributed by atoms with van der Waals surface area (Å²) in [7, 11) is 0. The molecule has 502 valence electrons. The van der Waals surface area contributed by atoms with Crippen LogP contribution in [0.2, 0.25) is 0 Å². The molecule has 0 saturated carbocycles. The number of primary amides is 2. The fourth-order valence-corrected chi connectivity index (χ4v) is 10.1. The van der Waals surface area contributed by atoms with Gasteiger partial charge in [-0.25, -0.2) is 4.98 Å². The van der Waals surface area contributed by atoms with Crippen molar-refractivity contribution in [2.75, 3.05) is 18.1 Å². The minimum absolute atomic E-state index is 0.0255. The summed E-state index contributed by atoms with van der Waals surface area (Å²) in [5.74, 6) is -16.5. The Labute approximate surface area is 533 Å². The number of carbonyl (C=O) groups is 13. The summed E-state index contributed by atoms with van der Waals surface area (Å²) in [6, 6.07) is -5.05. The number of nitrogens with two attached hydrogens (primary N) is 4. The first-order valence-corrected chi connectivity index (χ1v) is 30.6. The smallest absolute Gasteiger partial charge is 0.305 e. The third-order valence-corrected chi connectivity index (χ3v) is 15.4. The van der Waals surface area contributed by atoms with Crippen molar-refractivity contribution >= 4 is 94.6 Å². The molecule has 0 bridgehead atoms. The second-order valence-electron chi connectivity index (χ2n) is 22.4. The van der Waals surface area contributed by atoms with Crippen molar-refractivity contribution < 1.29 is 77.6 Å². The van der Waals surface area contributed by atoms with E-state index in [1.54, 1.807) is 27.7 Å². The highest BCUT2D eigenvalue weighted by Crippen LogP contribution is 2.17. The average molecular weight is 1310 g/mol. The van der Waals surface area contributed by atoms with E-state index in [0.29, 0.717) is 11.1 Å². The third-order valence-electron chi connectivity index (χ3n) is 14.3. The zero-order chi connectivity index (χ0) is 68.4. The molecule has 22 N–H and O–H groups in total. The SMILES string of the molecule is CC[C@H](C)[C@@H]1NC(=O)[C@H](Cc2ccc(O)cc2)NC(=O)CSC[C@@H](C(N)=O)NC(=O)[C@H](CC(N)=O)NC(=O)[C@H](Cc2cnc[nH]2)NC(=O)[C@H](C)NC(=O)[C@H](CC(=O)O)NC(=O)[C@H](Cc2ccc(O)cc2)NC(=O)[C@H](CC(C)C)NC(=O)[C@H](CCCN=C(N)N)NC1=O. The Morgan fingerprint density at radius 3 is 1.60 bits per heavy atom. The zero-order valence-corrected chi connectivity index (χ0v) is 52.3. The van der Waals surface area contributed by atoms with Crippen molar-refractivity contribution in [2.45, 2.75) is 153 Å². The number of imidazole rings is 1. The molecule has 3 aromatic rings. The van der Waals surface area contributed by atoms with Crippen LogP contribution in [-0.2, 0) is 81.6 Å². The number of nitrogens with zero attached hydrogens (tertiary/aromatic N) is 2. The zero-order valence-electron chi connectivity index (χ0n) is 51.4. The highest BCUT2D eigenvalue weighted by atomic mass is 32.2. The maximum atomic E-state index is 14.6. The Kier molecular flexibility index (Phi) is 29.6. The molecule has 1 aromatic heterocycles. The fraction of sp³-hybridized carbons (Fsp3) is 0.500. The minimum Gasteiger partial charge on any atom is -0.508 e. The van der Waals surface area contributed by atoms with Crippen molar-refractivity contribution in [3.63, 3.8) is 0 Å². The monoisotopic (exact) mass is 1310 g/mol. The lowest BCUT2D eigenvalue weighted by Crippen LogP contribution is -2.61. The number of hydrogen-bond donors (Lipinski definition) is 18. The van der Waals surface area contributed by atoms with Gasteiger partial charge in [0.1, 0.15) is 71.9 Å². The first-order valence-electron chi connectivity index (χ1n) is 29.4. The van der Waals surface area contributed by atoms with Crippen molar-refractivity contribution in [3.8, 4) is 11.5 Å². The number of guanidine groups is 1. The number of carbonyl (C=O) groups excluding carboxylic acids is 12. The highest BCUT2D eigenvalue weighted by molar-refractivity contribution is 8.00. The highest BCUT2D eigenvalue weighted by Gasteiger charge is 2.38. The van der Waals surface area contributed by atoms with Gasteiger partial charge in [0.15, 0.2) is 5.96 Å². The quantitative estimate of drug-likeness (QED) is 0.0305. The molecule has 2 aromatic carbocycles. The molecule has 1 aliphatic rings. The lowest BCUT2D eigenvalue weighted by molar-refractivity contribution is -0.141. The van der Waals surface area contributed by atoms with E-state index in [0.717, 1.165) is 18.7 Å². The predicted molar refractivity (Wildman–Crippen MR) is 332 cm³/mol. The van der Waals surface area contributed by atoms with E-state index in [1.165, 1.54) is 61.1 Å². The second-order valence-corrected chi connectivity index (χ2v) is 23.5. The van der Waals surface area contributed by atoms with Crippen LogP contribution in [0.3, 0.4) is 0 Å². The third kappa shape index (κ3) is 25.5. The molecule has 0 aliphatic carbocycles. The van der Waals surface area contributed by atoms with Crippen LogP contribution in [0.15, 0.2) is 66.0 Å². The van der Waals surface area contributed by atoms with Gasteiger partial charge in [-0.2, -0.15) is 0 Å². The number of carboxylic acids is 1. The maximum absolute atomic E-state index is 14.6. The van der Waals surface area contributed by atoms with E-state index in [9.17, 15) is 77.6 Å². The average Bonchev–Trinajstić information content (AvgIpc) is 1.23. The molecule has 11 atom stereocenters. The van der Waals surface area contributed by atoms with E-state index in [-0.39, 0.29) is 80.6 Å². The van der Waals surface area contributed by atoms with E-state index in [1.807, 2.05) is 0 Å². The van der Waals surface area contributed by atoms with Crippen LogP contribution in [0.4, 0.5) is 0 Å². The number of aromatic amines is 1. The van der Waals surface area contributed by atoms with Crippen LogP contribution in [0.25, 0.3) is 0 Å². The molecule has 34 heteroatoms. The number of H-pyrrole nitrogens is 1. The van der Waals surface area contributed by atoms with E-state index >= 15 is 0 Å². The number of aliphatic imine (C=N–C) groups is 1. The molecule has 0 radical (unpaired) electrons. The Morgan fingerprint density at radius 1 is 0.598 bits per heavy atom. The van der Waals surface area contributed by atoms with E-state index in [4.69, 9.17) is 22.9 Å². The number of aromatic hydroxyl groups is 2. The van der Waals surface area contributed by atoms with Crippen molar-refractivity contribution in [1.29, 1.82) is 0 Å². The number of hydrogen-bond acceptors (Lipinski definition) is 18. The molecule has 0 unspecified atom stereocenters. The number of nitrogens with one attached hydrogen (secondary N) is 11. The lowest BCUT2D eigenvalue weighted by Gasteiger charge is -2.30. The maximum Gasteiger partial charge on any atom is 0.305 e.